The number of benzene rings is 1. The molecule has 5 heteroatoms. The molecule has 0 spiro atoms. The van der Waals surface area contributed by atoms with Crippen LogP contribution in [0.2, 0.25) is 0 Å². The van der Waals surface area contributed by atoms with E-state index in [4.69, 9.17) is 14.6 Å². The van der Waals surface area contributed by atoms with Crippen LogP contribution in [0.4, 0.5) is 0 Å². The lowest BCUT2D eigenvalue weighted by Gasteiger charge is -2.16. The minimum Gasteiger partial charge on any atom is -0.413 e. The predicted octanol–water partition coefficient (Wildman–Crippen LogP) is 2.56. The molecule has 78 valence electrons. The zero-order valence-electron chi connectivity index (χ0n) is 8.21. The van der Waals surface area contributed by atoms with Gasteiger partial charge in [0.25, 0.3) is 0 Å². The van der Waals surface area contributed by atoms with E-state index in [2.05, 4.69) is 0 Å². The van der Waals surface area contributed by atoms with Crippen molar-refractivity contribution >= 4 is 7.75 Å². The quantitative estimate of drug-likeness (QED) is 0.784. The van der Waals surface area contributed by atoms with E-state index in [9.17, 15) is 4.57 Å². The van der Waals surface area contributed by atoms with Gasteiger partial charge >= 0.3 is 7.75 Å². The molecule has 4 nitrogen and oxygen atoms in total. The first-order chi connectivity index (χ1) is 6.49. The van der Waals surface area contributed by atoms with Crippen LogP contribution in [-0.4, -0.2) is 6.10 Å². The van der Waals surface area contributed by atoms with E-state index in [-0.39, 0.29) is 6.10 Å². The van der Waals surface area contributed by atoms with Crippen molar-refractivity contribution in [2.75, 3.05) is 0 Å². The molecule has 1 aromatic rings. The Morgan fingerprint density at radius 1 is 1.29 bits per heavy atom. The van der Waals surface area contributed by atoms with Crippen LogP contribution in [0.5, 0.6) is 5.75 Å². The summed E-state index contributed by atoms with van der Waals surface area (Å²) < 4.78 is 21.5. The lowest BCUT2D eigenvalue weighted by Crippen LogP contribution is -2.11. The third kappa shape index (κ3) is 3.92. The van der Waals surface area contributed by atoms with Crippen molar-refractivity contribution in [3.63, 3.8) is 0 Å². The van der Waals surface area contributed by atoms with E-state index in [1.165, 1.54) is 0 Å². The predicted molar refractivity (Wildman–Crippen MR) is 55.1 cm³/mol. The number of hydrogen-bond acceptors (Lipinski definition) is 3. The van der Waals surface area contributed by atoms with Crippen LogP contribution in [-0.2, 0) is 9.09 Å². The highest BCUT2D eigenvalue weighted by molar-refractivity contribution is 7.51. The molecule has 0 fully saturated rings. The molecular weight excluding hydrogens is 201 g/mol. The van der Waals surface area contributed by atoms with Gasteiger partial charge in [-0.2, -0.15) is 0 Å². The zero-order valence-corrected chi connectivity index (χ0v) is 9.11. The highest BCUT2D eigenvalue weighted by Crippen LogP contribution is 2.41. The van der Waals surface area contributed by atoms with Gasteiger partial charge in [-0.15, -0.1) is 0 Å². The minimum absolute atomic E-state index is 0.227. The van der Waals surface area contributed by atoms with Gasteiger partial charge in [-0.3, -0.25) is 4.52 Å². The van der Waals surface area contributed by atoms with Gasteiger partial charge in [-0.05, 0) is 26.0 Å². The van der Waals surface area contributed by atoms with Gasteiger partial charge in [-0.25, -0.2) is 10.1 Å². The summed E-state index contributed by atoms with van der Waals surface area (Å²) in [6, 6.07) is 8.71. The number of rotatable bonds is 4. The summed E-state index contributed by atoms with van der Waals surface area (Å²) in [5, 5.41) is 0. The normalized spacial score (nSPS) is 15.1. The fourth-order valence-corrected chi connectivity index (χ4v) is 1.99. The largest absolute Gasteiger partial charge is 0.456 e. The molecule has 0 saturated heterocycles. The Balaban J connectivity index is 2.64. The van der Waals surface area contributed by atoms with Crippen molar-refractivity contribution < 1.29 is 13.6 Å². The smallest absolute Gasteiger partial charge is 0.413 e. The Morgan fingerprint density at radius 3 is 2.36 bits per heavy atom. The van der Waals surface area contributed by atoms with Gasteiger partial charge in [0.1, 0.15) is 5.75 Å². The van der Waals surface area contributed by atoms with Crippen molar-refractivity contribution in [2.45, 2.75) is 20.0 Å². The van der Waals surface area contributed by atoms with Crippen molar-refractivity contribution in [2.24, 2.45) is 5.50 Å². The molecule has 14 heavy (non-hydrogen) atoms. The molecule has 0 aliphatic heterocycles. The Labute approximate surface area is 83.6 Å². The summed E-state index contributed by atoms with van der Waals surface area (Å²) in [6.07, 6.45) is -0.227. The molecule has 0 aliphatic rings. The fraction of sp³-hybridized carbons (Fsp3) is 0.333. The summed E-state index contributed by atoms with van der Waals surface area (Å²) >= 11 is 0. The van der Waals surface area contributed by atoms with Gasteiger partial charge in [0.2, 0.25) is 0 Å². The standard InChI is InChI=1S/C9H14NO3P/c1-8(2)12-14(10,11)13-9-6-4-3-5-7-9/h3-8H,1-2H3,(H2,10,11). The van der Waals surface area contributed by atoms with Crippen LogP contribution in [0, 0.1) is 0 Å². The van der Waals surface area contributed by atoms with Crippen LogP contribution in [0.3, 0.4) is 0 Å². The Hall–Kier alpha value is -0.830. The third-order valence-corrected chi connectivity index (χ3v) is 2.51. The average molecular weight is 215 g/mol. The van der Waals surface area contributed by atoms with Crippen LogP contribution in [0.15, 0.2) is 30.3 Å². The molecule has 0 aliphatic carbocycles. The van der Waals surface area contributed by atoms with E-state index in [1.807, 2.05) is 6.07 Å². The molecule has 0 bridgehead atoms. The minimum atomic E-state index is -3.47. The van der Waals surface area contributed by atoms with Gasteiger partial charge < -0.3 is 4.52 Å². The number of para-hydroxylation sites is 1. The highest BCUT2D eigenvalue weighted by atomic mass is 31.2. The van der Waals surface area contributed by atoms with Gasteiger partial charge in [0.05, 0.1) is 6.10 Å². The molecule has 0 heterocycles. The van der Waals surface area contributed by atoms with Crippen LogP contribution >= 0.6 is 7.75 Å². The maximum Gasteiger partial charge on any atom is 0.456 e. The first kappa shape index (κ1) is 11.2. The Kier molecular flexibility index (Phi) is 3.69. The monoisotopic (exact) mass is 215 g/mol. The molecule has 0 aromatic heterocycles. The van der Waals surface area contributed by atoms with Crippen LogP contribution in [0.25, 0.3) is 0 Å². The second-order valence-corrected chi connectivity index (χ2v) is 4.57. The third-order valence-electron chi connectivity index (χ3n) is 1.33. The van der Waals surface area contributed by atoms with Crippen LogP contribution < -0.4 is 10.0 Å². The van der Waals surface area contributed by atoms with Gasteiger partial charge in [-0.1, -0.05) is 18.2 Å². The van der Waals surface area contributed by atoms with Crippen molar-refractivity contribution in [1.29, 1.82) is 0 Å². The van der Waals surface area contributed by atoms with E-state index >= 15 is 0 Å². The summed E-state index contributed by atoms with van der Waals surface area (Å²) in [5.41, 5.74) is 5.36. The first-order valence-electron chi connectivity index (χ1n) is 4.31. The second-order valence-electron chi connectivity index (χ2n) is 3.10. The van der Waals surface area contributed by atoms with E-state index < -0.39 is 7.75 Å². The maximum atomic E-state index is 11.5. The maximum absolute atomic E-state index is 11.5. The molecule has 1 aromatic carbocycles. The van der Waals surface area contributed by atoms with Crippen molar-refractivity contribution in [3.05, 3.63) is 30.3 Å². The Morgan fingerprint density at radius 2 is 1.86 bits per heavy atom. The van der Waals surface area contributed by atoms with Crippen molar-refractivity contribution in [3.8, 4) is 5.75 Å². The molecule has 1 rings (SSSR count). The first-order valence-corrected chi connectivity index (χ1v) is 5.92. The van der Waals surface area contributed by atoms with E-state index in [0.29, 0.717) is 5.75 Å². The molecule has 1 atom stereocenters. The molecule has 0 radical (unpaired) electrons. The molecule has 0 saturated carbocycles. The lowest BCUT2D eigenvalue weighted by molar-refractivity contribution is 0.209. The number of hydrogen-bond donors (Lipinski definition) is 1. The van der Waals surface area contributed by atoms with Gasteiger partial charge in [0, 0.05) is 0 Å². The topological polar surface area (TPSA) is 61.5 Å². The summed E-state index contributed by atoms with van der Waals surface area (Å²) in [4.78, 5) is 0. The lowest BCUT2D eigenvalue weighted by atomic mass is 10.3. The molecule has 1 unspecified atom stereocenters. The fourth-order valence-electron chi connectivity index (χ4n) is 0.944. The molecule has 2 N–H and O–H groups in total. The van der Waals surface area contributed by atoms with E-state index in [0.717, 1.165) is 0 Å². The molecular formula is C9H14NO3P. The Bertz CT molecular complexity index is 326. The summed E-state index contributed by atoms with van der Waals surface area (Å²) in [6.45, 7) is 3.49. The number of nitrogens with two attached hydrogens (primary N) is 1. The van der Waals surface area contributed by atoms with Crippen LogP contribution in [0.1, 0.15) is 13.8 Å². The molecule has 0 amide bonds. The second kappa shape index (κ2) is 4.60. The summed E-state index contributed by atoms with van der Waals surface area (Å²) in [5.74, 6) is 0.444. The average Bonchev–Trinajstić information content (AvgIpc) is 2.02. The summed E-state index contributed by atoms with van der Waals surface area (Å²) in [7, 11) is -3.47. The SMILES string of the molecule is CC(C)OP(N)(=O)Oc1ccccc1. The van der Waals surface area contributed by atoms with E-state index in [1.54, 1.807) is 38.1 Å². The van der Waals surface area contributed by atoms with Gasteiger partial charge in [0.15, 0.2) is 0 Å². The highest BCUT2D eigenvalue weighted by Gasteiger charge is 2.21. The zero-order chi connectivity index (χ0) is 10.6. The van der Waals surface area contributed by atoms with Crippen molar-refractivity contribution in [1.82, 2.24) is 0 Å².